The number of benzene rings is 1. The largest absolute Gasteiger partial charge is 0.379 e. The minimum Gasteiger partial charge on any atom is -0.379 e. The lowest BCUT2D eigenvalue weighted by atomic mass is 10.2. The van der Waals surface area contributed by atoms with Crippen molar-refractivity contribution in [3.8, 4) is 0 Å². The first-order valence-corrected chi connectivity index (χ1v) is 6.90. The second kappa shape index (κ2) is 6.15. The summed E-state index contributed by atoms with van der Waals surface area (Å²) < 4.78 is 6.98. The van der Waals surface area contributed by atoms with Crippen LogP contribution < -0.4 is 5.32 Å². The Morgan fingerprint density at radius 3 is 2.88 bits per heavy atom. The van der Waals surface area contributed by atoms with Crippen LogP contribution in [0.25, 0.3) is 10.1 Å². The molecular formula is C14H19NOS. The van der Waals surface area contributed by atoms with Crippen LogP contribution in [0.1, 0.15) is 24.3 Å². The van der Waals surface area contributed by atoms with Crippen LogP contribution in [0, 0.1) is 0 Å². The number of hydrogen-bond donors (Lipinski definition) is 1. The van der Waals surface area contributed by atoms with E-state index in [0.29, 0.717) is 6.04 Å². The average molecular weight is 249 g/mol. The van der Waals surface area contributed by atoms with Crippen LogP contribution in [0.5, 0.6) is 0 Å². The van der Waals surface area contributed by atoms with Crippen LogP contribution in [0.15, 0.2) is 30.3 Å². The van der Waals surface area contributed by atoms with Crippen LogP contribution in [0.4, 0.5) is 0 Å². The topological polar surface area (TPSA) is 21.3 Å². The van der Waals surface area contributed by atoms with Crippen LogP contribution in [-0.4, -0.2) is 20.3 Å². The maximum atomic E-state index is 5.63. The molecule has 1 aromatic heterocycles. The van der Waals surface area contributed by atoms with Gasteiger partial charge in [-0.15, -0.1) is 11.3 Å². The molecular weight excluding hydrogens is 230 g/mol. The molecule has 3 heteroatoms. The molecule has 0 aliphatic carbocycles. The highest BCUT2D eigenvalue weighted by molar-refractivity contribution is 7.19. The molecule has 1 atom stereocenters. The Morgan fingerprint density at radius 2 is 2.18 bits per heavy atom. The fourth-order valence-electron chi connectivity index (χ4n) is 1.83. The first kappa shape index (κ1) is 12.6. The summed E-state index contributed by atoms with van der Waals surface area (Å²) in [7, 11) is 1.99. The Morgan fingerprint density at radius 1 is 1.35 bits per heavy atom. The molecule has 0 bridgehead atoms. The number of fused-ring (bicyclic) bond motifs is 1. The van der Waals surface area contributed by atoms with E-state index >= 15 is 0 Å². The Bertz CT molecular complexity index is 433. The van der Waals surface area contributed by atoms with Gasteiger partial charge in [0.25, 0.3) is 0 Å². The molecule has 1 N–H and O–H groups in total. The monoisotopic (exact) mass is 249 g/mol. The molecule has 17 heavy (non-hydrogen) atoms. The number of hydrogen-bond acceptors (Lipinski definition) is 3. The fraction of sp³-hybridized carbons (Fsp3) is 0.429. The molecule has 0 fully saturated rings. The van der Waals surface area contributed by atoms with Gasteiger partial charge in [-0.3, -0.25) is 0 Å². The van der Waals surface area contributed by atoms with Gasteiger partial charge >= 0.3 is 0 Å². The predicted molar refractivity (Wildman–Crippen MR) is 74.7 cm³/mol. The second-order valence-electron chi connectivity index (χ2n) is 4.10. The van der Waals surface area contributed by atoms with Crippen molar-refractivity contribution in [3.05, 3.63) is 35.2 Å². The maximum absolute atomic E-state index is 5.63. The zero-order valence-electron chi connectivity index (χ0n) is 10.4. The fourth-order valence-corrected chi connectivity index (χ4v) is 2.99. The number of nitrogens with one attached hydrogen (secondary N) is 1. The molecule has 0 aliphatic heterocycles. The minimum atomic E-state index is 0.305. The molecule has 92 valence electrons. The van der Waals surface area contributed by atoms with Crippen LogP contribution in [-0.2, 0) is 4.74 Å². The van der Waals surface area contributed by atoms with Gasteiger partial charge in [-0.25, -0.2) is 0 Å². The highest BCUT2D eigenvalue weighted by Gasteiger charge is 2.12. The molecule has 0 radical (unpaired) electrons. The number of likely N-dealkylation sites (N-methyl/N-ethyl adjacent to an activating group) is 1. The molecule has 1 aromatic carbocycles. The summed E-state index contributed by atoms with van der Waals surface area (Å²) in [6.45, 7) is 3.72. The smallest absolute Gasteiger partial charge is 0.0669 e. The Hall–Kier alpha value is -0.900. The number of rotatable bonds is 6. The second-order valence-corrected chi connectivity index (χ2v) is 5.22. The molecule has 1 heterocycles. The van der Waals surface area contributed by atoms with Crippen molar-refractivity contribution >= 4 is 21.4 Å². The molecule has 2 nitrogen and oxygen atoms in total. The van der Waals surface area contributed by atoms with E-state index in [1.54, 1.807) is 0 Å². The van der Waals surface area contributed by atoms with Gasteiger partial charge in [-0.1, -0.05) is 25.1 Å². The van der Waals surface area contributed by atoms with E-state index in [1.807, 2.05) is 18.4 Å². The first-order valence-electron chi connectivity index (χ1n) is 6.08. The van der Waals surface area contributed by atoms with E-state index in [1.165, 1.54) is 15.0 Å². The van der Waals surface area contributed by atoms with Gasteiger partial charge in [0.05, 0.1) is 12.6 Å². The lowest BCUT2D eigenvalue weighted by Gasteiger charge is -2.14. The van der Waals surface area contributed by atoms with Crippen LogP contribution >= 0.6 is 11.3 Å². The van der Waals surface area contributed by atoms with Crippen LogP contribution in [0.2, 0.25) is 0 Å². The van der Waals surface area contributed by atoms with E-state index < -0.39 is 0 Å². The van der Waals surface area contributed by atoms with Crippen molar-refractivity contribution in [3.63, 3.8) is 0 Å². The van der Waals surface area contributed by atoms with Gasteiger partial charge in [-0.05, 0) is 31.0 Å². The van der Waals surface area contributed by atoms with Crippen molar-refractivity contribution in [1.29, 1.82) is 0 Å². The van der Waals surface area contributed by atoms with Gasteiger partial charge < -0.3 is 10.1 Å². The van der Waals surface area contributed by atoms with E-state index in [2.05, 4.69) is 42.6 Å². The lowest BCUT2D eigenvalue weighted by Crippen LogP contribution is -2.20. The molecule has 0 amide bonds. The molecule has 0 saturated heterocycles. The SMILES string of the molecule is CCCOCC(NC)c1cc2ccccc2s1. The highest BCUT2D eigenvalue weighted by Crippen LogP contribution is 2.29. The van der Waals surface area contributed by atoms with E-state index in [4.69, 9.17) is 4.74 Å². The van der Waals surface area contributed by atoms with E-state index in [-0.39, 0.29) is 0 Å². The van der Waals surface area contributed by atoms with Gasteiger partial charge in [0.2, 0.25) is 0 Å². The van der Waals surface area contributed by atoms with Crippen molar-refractivity contribution < 1.29 is 4.74 Å². The van der Waals surface area contributed by atoms with Gasteiger partial charge in [-0.2, -0.15) is 0 Å². The summed E-state index contributed by atoms with van der Waals surface area (Å²) >= 11 is 1.85. The summed E-state index contributed by atoms with van der Waals surface area (Å²) in [4.78, 5) is 1.35. The predicted octanol–water partition coefficient (Wildman–Crippen LogP) is 3.59. The van der Waals surface area contributed by atoms with Crippen molar-refractivity contribution in [2.45, 2.75) is 19.4 Å². The molecule has 1 unspecified atom stereocenters. The van der Waals surface area contributed by atoms with Gasteiger partial charge in [0, 0.05) is 16.2 Å². The summed E-state index contributed by atoms with van der Waals surface area (Å²) in [6, 6.07) is 11.1. The van der Waals surface area contributed by atoms with Crippen molar-refractivity contribution in [1.82, 2.24) is 5.32 Å². The quantitative estimate of drug-likeness (QED) is 0.790. The van der Waals surface area contributed by atoms with E-state index in [0.717, 1.165) is 19.6 Å². The number of ether oxygens (including phenoxy) is 1. The summed E-state index contributed by atoms with van der Waals surface area (Å²) in [5, 5.41) is 4.65. The third kappa shape index (κ3) is 3.06. The highest BCUT2D eigenvalue weighted by atomic mass is 32.1. The molecule has 0 aliphatic rings. The molecule has 0 spiro atoms. The van der Waals surface area contributed by atoms with E-state index in [9.17, 15) is 0 Å². The maximum Gasteiger partial charge on any atom is 0.0669 e. The standard InChI is InChI=1S/C14H19NOS/c1-3-8-16-10-12(15-2)14-9-11-6-4-5-7-13(11)17-14/h4-7,9,12,15H,3,8,10H2,1-2H3. The van der Waals surface area contributed by atoms with Crippen LogP contribution in [0.3, 0.4) is 0 Å². The lowest BCUT2D eigenvalue weighted by molar-refractivity contribution is 0.115. The zero-order valence-corrected chi connectivity index (χ0v) is 11.2. The Balaban J connectivity index is 2.12. The molecule has 2 aromatic rings. The minimum absolute atomic E-state index is 0.305. The Kier molecular flexibility index (Phi) is 4.54. The molecule has 2 rings (SSSR count). The summed E-state index contributed by atoms with van der Waals surface area (Å²) in [6.07, 6.45) is 1.07. The Labute approximate surface area is 107 Å². The van der Waals surface area contributed by atoms with Crippen molar-refractivity contribution in [2.24, 2.45) is 0 Å². The first-order chi connectivity index (χ1) is 8.35. The average Bonchev–Trinajstić information content (AvgIpc) is 2.78. The zero-order chi connectivity index (χ0) is 12.1. The number of thiophene rings is 1. The summed E-state index contributed by atoms with van der Waals surface area (Å²) in [5.41, 5.74) is 0. The third-order valence-electron chi connectivity index (χ3n) is 2.77. The normalized spacial score (nSPS) is 13.1. The van der Waals surface area contributed by atoms with Gasteiger partial charge in [0.1, 0.15) is 0 Å². The van der Waals surface area contributed by atoms with Crippen molar-refractivity contribution in [2.75, 3.05) is 20.3 Å². The molecule has 0 saturated carbocycles. The van der Waals surface area contributed by atoms with Gasteiger partial charge in [0.15, 0.2) is 0 Å². The third-order valence-corrected chi connectivity index (χ3v) is 4.00. The summed E-state index contributed by atoms with van der Waals surface area (Å²) in [5.74, 6) is 0.